The molecule has 6 rings (SSSR count). The molecule has 2 aliphatic rings. The Labute approximate surface area is 200 Å². The van der Waals surface area contributed by atoms with Gasteiger partial charge in [-0.3, -0.25) is 4.99 Å². The van der Waals surface area contributed by atoms with Crippen molar-refractivity contribution in [2.75, 3.05) is 6.79 Å². The van der Waals surface area contributed by atoms with E-state index in [0.29, 0.717) is 39.7 Å². The number of imidazole rings is 1. The summed E-state index contributed by atoms with van der Waals surface area (Å²) in [4.78, 5) is 18.1. The van der Waals surface area contributed by atoms with Crippen molar-refractivity contribution in [2.45, 2.75) is 12.5 Å². The van der Waals surface area contributed by atoms with Crippen LogP contribution in [0.1, 0.15) is 17.0 Å². The van der Waals surface area contributed by atoms with Crippen molar-refractivity contribution in [3.05, 3.63) is 95.4 Å². The minimum absolute atomic E-state index is 0.190. The molecular weight excluding hydrogens is 454 g/mol. The van der Waals surface area contributed by atoms with Crippen LogP contribution < -0.4 is 14.2 Å². The van der Waals surface area contributed by atoms with Crippen LogP contribution in [-0.2, 0) is 5.54 Å². The van der Waals surface area contributed by atoms with Gasteiger partial charge >= 0.3 is 0 Å². The predicted octanol–water partition coefficient (Wildman–Crippen LogP) is 5.03. The Bertz CT molecular complexity index is 1420. The molecule has 1 unspecified atom stereocenters. The number of hydrogen-bond donors (Lipinski definition) is 0. The van der Waals surface area contributed by atoms with E-state index in [2.05, 4.69) is 9.97 Å². The summed E-state index contributed by atoms with van der Waals surface area (Å²) in [6.45, 7) is 2.01. The fourth-order valence-corrected chi connectivity index (χ4v) is 4.06. The molecule has 1 atom stereocenters. The van der Waals surface area contributed by atoms with Gasteiger partial charge < -0.3 is 18.8 Å². The lowest BCUT2D eigenvalue weighted by Gasteiger charge is -2.24. The van der Waals surface area contributed by atoms with E-state index < -0.39 is 5.54 Å². The van der Waals surface area contributed by atoms with E-state index in [0.717, 1.165) is 11.3 Å². The average Bonchev–Trinajstić information content (AvgIpc) is 3.63. The molecule has 0 fully saturated rings. The van der Waals surface area contributed by atoms with Gasteiger partial charge in [-0.25, -0.2) is 9.97 Å². The lowest BCUT2D eigenvalue weighted by molar-refractivity contribution is 0.174. The minimum Gasteiger partial charge on any atom is -0.454 e. The van der Waals surface area contributed by atoms with Gasteiger partial charge in [0.1, 0.15) is 10.9 Å². The fraction of sp³-hybridized carbons (Fsp3) is 0.120. The standard InChI is InChI=1S/C25H18ClN5O3/c1-16-22(26)29-24(25(9-2-10-28-25)17-3-8-20-21(13-17)33-15-32-20)30-23(16)34-19-6-4-18(5-7-19)31-12-11-27-14-31/h2-14H,15H2,1H3. The van der Waals surface area contributed by atoms with Crippen molar-refractivity contribution in [2.24, 2.45) is 4.99 Å². The number of allylic oxidation sites excluding steroid dienone is 1. The molecule has 0 amide bonds. The highest BCUT2D eigenvalue weighted by molar-refractivity contribution is 6.30. The van der Waals surface area contributed by atoms with Crippen LogP contribution >= 0.6 is 11.6 Å². The number of aliphatic imine (C=N–C) groups is 1. The molecule has 2 aromatic carbocycles. The Balaban J connectivity index is 1.38. The lowest BCUT2D eigenvalue weighted by atomic mass is 9.89. The number of ether oxygens (including phenoxy) is 3. The second-order valence-electron chi connectivity index (χ2n) is 7.81. The molecule has 0 radical (unpaired) electrons. The SMILES string of the molecule is Cc1c(Cl)nc(C2(c3ccc4c(c3)OCO4)C=CC=N2)nc1Oc1ccc(-n2ccnc2)cc1. The van der Waals surface area contributed by atoms with Crippen molar-refractivity contribution < 1.29 is 14.2 Å². The molecule has 8 nitrogen and oxygen atoms in total. The molecule has 0 saturated heterocycles. The summed E-state index contributed by atoms with van der Waals surface area (Å²) < 4.78 is 19.1. The topological polar surface area (TPSA) is 83.6 Å². The molecule has 2 aromatic heterocycles. The van der Waals surface area contributed by atoms with Crippen LogP contribution in [0.3, 0.4) is 0 Å². The molecule has 168 valence electrons. The quantitative estimate of drug-likeness (QED) is 0.380. The number of nitrogens with zero attached hydrogens (tertiary/aromatic N) is 5. The van der Waals surface area contributed by atoms with Crippen LogP contribution in [0.15, 0.2) is 78.3 Å². The summed E-state index contributed by atoms with van der Waals surface area (Å²) in [7, 11) is 0. The van der Waals surface area contributed by atoms with E-state index in [1.807, 2.05) is 72.3 Å². The Morgan fingerprint density at radius 3 is 2.68 bits per heavy atom. The minimum atomic E-state index is -0.957. The Hall–Kier alpha value is -4.17. The average molecular weight is 472 g/mol. The summed E-state index contributed by atoms with van der Waals surface area (Å²) in [5, 5.41) is 0.297. The molecule has 4 heterocycles. The van der Waals surface area contributed by atoms with Gasteiger partial charge in [0, 0.05) is 29.9 Å². The zero-order chi connectivity index (χ0) is 23.1. The molecule has 0 saturated carbocycles. The highest BCUT2D eigenvalue weighted by Gasteiger charge is 2.38. The molecule has 4 aromatic rings. The van der Waals surface area contributed by atoms with Crippen LogP contribution in [0.5, 0.6) is 23.1 Å². The van der Waals surface area contributed by atoms with Gasteiger partial charge in [0.15, 0.2) is 22.9 Å². The molecule has 9 heteroatoms. The van der Waals surface area contributed by atoms with Gasteiger partial charge in [0.25, 0.3) is 0 Å². The summed E-state index contributed by atoms with van der Waals surface area (Å²) in [6, 6.07) is 13.3. The smallest absolute Gasteiger partial charge is 0.231 e. The number of fused-ring (bicyclic) bond motifs is 1. The highest BCUT2D eigenvalue weighted by atomic mass is 35.5. The van der Waals surface area contributed by atoms with E-state index >= 15 is 0 Å². The molecule has 2 aliphatic heterocycles. The van der Waals surface area contributed by atoms with Crippen molar-refractivity contribution in [1.29, 1.82) is 0 Å². The Morgan fingerprint density at radius 2 is 1.91 bits per heavy atom. The van der Waals surface area contributed by atoms with Gasteiger partial charge in [-0.15, -0.1) is 0 Å². The van der Waals surface area contributed by atoms with E-state index in [-0.39, 0.29) is 6.79 Å². The van der Waals surface area contributed by atoms with Gasteiger partial charge in [-0.2, -0.15) is 4.98 Å². The molecule has 0 aliphatic carbocycles. The Kier molecular flexibility index (Phi) is 4.81. The maximum atomic E-state index is 6.54. The second-order valence-corrected chi connectivity index (χ2v) is 8.16. The number of benzene rings is 2. The van der Waals surface area contributed by atoms with Crippen LogP contribution in [0.25, 0.3) is 5.69 Å². The monoisotopic (exact) mass is 471 g/mol. The van der Waals surface area contributed by atoms with Gasteiger partial charge in [0.2, 0.25) is 12.7 Å². The normalized spacial score (nSPS) is 17.9. The zero-order valence-electron chi connectivity index (χ0n) is 18.1. The van der Waals surface area contributed by atoms with Crippen LogP contribution in [0.4, 0.5) is 0 Å². The second kappa shape index (κ2) is 8.00. The maximum absolute atomic E-state index is 6.54. The lowest BCUT2D eigenvalue weighted by Crippen LogP contribution is -2.25. The molecule has 34 heavy (non-hydrogen) atoms. The van der Waals surface area contributed by atoms with Crippen LogP contribution in [0, 0.1) is 6.92 Å². The van der Waals surface area contributed by atoms with Crippen molar-refractivity contribution >= 4 is 17.8 Å². The van der Waals surface area contributed by atoms with E-state index in [1.165, 1.54) is 0 Å². The third-order valence-electron chi connectivity index (χ3n) is 5.75. The van der Waals surface area contributed by atoms with E-state index in [9.17, 15) is 0 Å². The summed E-state index contributed by atoms with van der Waals surface area (Å²) in [5.41, 5.74) is 1.48. The van der Waals surface area contributed by atoms with Crippen molar-refractivity contribution in [3.8, 4) is 28.8 Å². The Morgan fingerprint density at radius 1 is 1.06 bits per heavy atom. The van der Waals surface area contributed by atoms with E-state index in [4.69, 9.17) is 35.8 Å². The summed E-state index contributed by atoms with van der Waals surface area (Å²) in [5.74, 6) is 2.73. The molecule has 0 spiro atoms. The van der Waals surface area contributed by atoms with Crippen molar-refractivity contribution in [3.63, 3.8) is 0 Å². The van der Waals surface area contributed by atoms with Gasteiger partial charge in [0.05, 0.1) is 6.33 Å². The van der Waals surface area contributed by atoms with E-state index in [1.54, 1.807) is 18.7 Å². The maximum Gasteiger partial charge on any atom is 0.231 e. The number of halogens is 1. The van der Waals surface area contributed by atoms with Crippen LogP contribution in [-0.4, -0.2) is 32.5 Å². The zero-order valence-corrected chi connectivity index (χ0v) is 18.8. The summed E-state index contributed by atoms with van der Waals surface area (Å²) in [6.07, 6.45) is 10.8. The first-order valence-corrected chi connectivity index (χ1v) is 10.9. The first-order valence-electron chi connectivity index (χ1n) is 10.6. The molecule has 0 bridgehead atoms. The third-order valence-corrected chi connectivity index (χ3v) is 6.12. The van der Waals surface area contributed by atoms with Gasteiger partial charge in [-0.05, 0) is 61.0 Å². The number of hydrogen-bond acceptors (Lipinski definition) is 7. The van der Waals surface area contributed by atoms with Crippen molar-refractivity contribution in [1.82, 2.24) is 19.5 Å². The number of aromatic nitrogens is 4. The first-order chi connectivity index (χ1) is 16.6. The van der Waals surface area contributed by atoms with Gasteiger partial charge in [-0.1, -0.05) is 17.7 Å². The predicted molar refractivity (Wildman–Crippen MR) is 126 cm³/mol. The first kappa shape index (κ1) is 20.4. The third kappa shape index (κ3) is 3.39. The van der Waals surface area contributed by atoms with Crippen LogP contribution in [0.2, 0.25) is 5.15 Å². The molecular formula is C25H18ClN5O3. The largest absolute Gasteiger partial charge is 0.454 e. The fourth-order valence-electron chi connectivity index (χ4n) is 3.90. The molecule has 0 N–H and O–H groups in total. The highest BCUT2D eigenvalue weighted by Crippen LogP contribution is 2.42. The summed E-state index contributed by atoms with van der Waals surface area (Å²) >= 11 is 6.54. The number of rotatable bonds is 5.